The standard InChI is InChI=1S/C13H16N2S/c1-8(2)13-12(15-9(3)16-13)10-5-4-6-11(14)7-10/h4-8H,14H2,1-3H3. The molecule has 0 unspecified atom stereocenters. The largest absolute Gasteiger partial charge is 0.399 e. The van der Waals surface area contributed by atoms with Crippen LogP contribution < -0.4 is 5.73 Å². The molecule has 2 aromatic rings. The van der Waals surface area contributed by atoms with E-state index < -0.39 is 0 Å². The molecule has 0 saturated heterocycles. The van der Waals surface area contributed by atoms with Gasteiger partial charge >= 0.3 is 0 Å². The van der Waals surface area contributed by atoms with Crippen LogP contribution in [0.3, 0.4) is 0 Å². The van der Waals surface area contributed by atoms with Crippen molar-refractivity contribution in [3.63, 3.8) is 0 Å². The van der Waals surface area contributed by atoms with Crippen molar-refractivity contribution >= 4 is 17.0 Å². The summed E-state index contributed by atoms with van der Waals surface area (Å²) in [5.41, 5.74) is 8.80. The molecule has 0 aliphatic heterocycles. The molecular weight excluding hydrogens is 216 g/mol. The quantitative estimate of drug-likeness (QED) is 0.799. The highest BCUT2D eigenvalue weighted by Crippen LogP contribution is 2.33. The average molecular weight is 232 g/mol. The number of aromatic nitrogens is 1. The third kappa shape index (κ3) is 2.09. The summed E-state index contributed by atoms with van der Waals surface area (Å²) in [7, 11) is 0. The van der Waals surface area contributed by atoms with Crippen molar-refractivity contribution in [2.45, 2.75) is 26.7 Å². The van der Waals surface area contributed by atoms with Gasteiger partial charge in [0.2, 0.25) is 0 Å². The maximum absolute atomic E-state index is 5.80. The van der Waals surface area contributed by atoms with Gasteiger partial charge in [-0.25, -0.2) is 4.98 Å². The van der Waals surface area contributed by atoms with E-state index in [0.717, 1.165) is 22.0 Å². The van der Waals surface area contributed by atoms with Crippen LogP contribution in [-0.4, -0.2) is 4.98 Å². The molecule has 0 radical (unpaired) electrons. The van der Waals surface area contributed by atoms with Crippen molar-refractivity contribution in [2.75, 3.05) is 5.73 Å². The van der Waals surface area contributed by atoms with Crippen molar-refractivity contribution in [1.29, 1.82) is 0 Å². The highest BCUT2D eigenvalue weighted by atomic mass is 32.1. The van der Waals surface area contributed by atoms with Crippen LogP contribution in [0, 0.1) is 6.92 Å². The fraction of sp³-hybridized carbons (Fsp3) is 0.308. The lowest BCUT2D eigenvalue weighted by Crippen LogP contribution is -1.90. The van der Waals surface area contributed by atoms with Crippen LogP contribution in [0.25, 0.3) is 11.3 Å². The van der Waals surface area contributed by atoms with Crippen LogP contribution in [0.5, 0.6) is 0 Å². The molecule has 2 rings (SSSR count). The van der Waals surface area contributed by atoms with Crippen LogP contribution in [0.15, 0.2) is 24.3 Å². The number of nitrogens with zero attached hydrogens (tertiary/aromatic N) is 1. The summed E-state index contributed by atoms with van der Waals surface area (Å²) in [6, 6.07) is 7.93. The molecule has 0 saturated carbocycles. The van der Waals surface area contributed by atoms with Crippen molar-refractivity contribution in [3.8, 4) is 11.3 Å². The van der Waals surface area contributed by atoms with Gasteiger partial charge in [0.15, 0.2) is 0 Å². The lowest BCUT2D eigenvalue weighted by molar-refractivity contribution is 0.888. The summed E-state index contributed by atoms with van der Waals surface area (Å²) in [6.45, 7) is 6.44. The second-order valence-electron chi connectivity index (χ2n) is 4.23. The van der Waals surface area contributed by atoms with Crippen LogP contribution in [0.1, 0.15) is 29.7 Å². The Bertz CT molecular complexity index is 500. The Morgan fingerprint density at radius 1 is 1.31 bits per heavy atom. The Kier molecular flexibility index (Phi) is 2.97. The summed E-state index contributed by atoms with van der Waals surface area (Å²) in [4.78, 5) is 5.94. The molecule has 0 bridgehead atoms. The minimum Gasteiger partial charge on any atom is -0.399 e. The number of hydrogen-bond donors (Lipinski definition) is 1. The molecule has 0 amide bonds. The number of benzene rings is 1. The van der Waals surface area contributed by atoms with Gasteiger partial charge in [-0.05, 0) is 25.0 Å². The molecule has 1 heterocycles. The van der Waals surface area contributed by atoms with Gasteiger partial charge in [0, 0.05) is 16.1 Å². The molecule has 2 N–H and O–H groups in total. The Labute approximate surface area is 100 Å². The lowest BCUT2D eigenvalue weighted by Gasteiger charge is -2.05. The molecule has 16 heavy (non-hydrogen) atoms. The second-order valence-corrected chi connectivity index (χ2v) is 5.46. The Hall–Kier alpha value is -1.35. The number of nitrogens with two attached hydrogens (primary N) is 1. The molecule has 1 aromatic heterocycles. The zero-order valence-corrected chi connectivity index (χ0v) is 10.6. The maximum Gasteiger partial charge on any atom is 0.0904 e. The molecule has 84 valence electrons. The van der Waals surface area contributed by atoms with Gasteiger partial charge in [0.1, 0.15) is 0 Å². The maximum atomic E-state index is 5.80. The van der Waals surface area contributed by atoms with Crippen molar-refractivity contribution < 1.29 is 0 Å². The second kappa shape index (κ2) is 4.26. The van der Waals surface area contributed by atoms with Crippen LogP contribution >= 0.6 is 11.3 Å². The van der Waals surface area contributed by atoms with E-state index in [1.165, 1.54) is 4.88 Å². The highest BCUT2D eigenvalue weighted by molar-refractivity contribution is 7.12. The topological polar surface area (TPSA) is 38.9 Å². The van der Waals surface area contributed by atoms with E-state index >= 15 is 0 Å². The highest BCUT2D eigenvalue weighted by Gasteiger charge is 2.13. The first kappa shape index (κ1) is 11.1. The zero-order valence-electron chi connectivity index (χ0n) is 9.82. The molecule has 2 nitrogen and oxygen atoms in total. The molecule has 0 aliphatic carbocycles. The molecule has 3 heteroatoms. The Morgan fingerprint density at radius 3 is 2.69 bits per heavy atom. The zero-order chi connectivity index (χ0) is 11.7. The average Bonchev–Trinajstić information content (AvgIpc) is 2.60. The fourth-order valence-corrected chi connectivity index (χ4v) is 2.68. The lowest BCUT2D eigenvalue weighted by atomic mass is 10.1. The summed E-state index contributed by atoms with van der Waals surface area (Å²) in [6.07, 6.45) is 0. The molecular formula is C13H16N2S. The molecule has 0 atom stereocenters. The van der Waals surface area contributed by atoms with E-state index in [-0.39, 0.29) is 0 Å². The normalized spacial score (nSPS) is 11.0. The first-order valence-corrected chi connectivity index (χ1v) is 6.23. The van der Waals surface area contributed by atoms with E-state index in [4.69, 9.17) is 5.73 Å². The first-order chi connectivity index (χ1) is 7.58. The van der Waals surface area contributed by atoms with Crippen LogP contribution in [0.4, 0.5) is 5.69 Å². The van der Waals surface area contributed by atoms with Gasteiger partial charge in [-0.3, -0.25) is 0 Å². The first-order valence-electron chi connectivity index (χ1n) is 5.41. The smallest absolute Gasteiger partial charge is 0.0904 e. The summed E-state index contributed by atoms with van der Waals surface area (Å²) < 4.78 is 0. The van der Waals surface area contributed by atoms with Crippen molar-refractivity contribution in [1.82, 2.24) is 4.98 Å². The monoisotopic (exact) mass is 232 g/mol. The van der Waals surface area contributed by atoms with Gasteiger partial charge in [-0.1, -0.05) is 26.0 Å². The Morgan fingerprint density at radius 2 is 2.06 bits per heavy atom. The number of hydrogen-bond acceptors (Lipinski definition) is 3. The molecule has 0 spiro atoms. The minimum absolute atomic E-state index is 0.502. The number of anilines is 1. The number of thiazole rings is 1. The number of nitrogen functional groups attached to an aromatic ring is 1. The fourth-order valence-electron chi connectivity index (χ4n) is 1.73. The molecule has 0 fully saturated rings. The summed E-state index contributed by atoms with van der Waals surface area (Å²) >= 11 is 1.77. The van der Waals surface area contributed by atoms with Gasteiger partial charge in [-0.15, -0.1) is 11.3 Å². The van der Waals surface area contributed by atoms with Gasteiger partial charge in [0.25, 0.3) is 0 Å². The predicted octanol–water partition coefficient (Wildman–Crippen LogP) is 3.82. The van der Waals surface area contributed by atoms with E-state index in [2.05, 4.69) is 24.9 Å². The van der Waals surface area contributed by atoms with Gasteiger partial charge in [-0.2, -0.15) is 0 Å². The van der Waals surface area contributed by atoms with Gasteiger partial charge in [0.05, 0.1) is 10.7 Å². The van der Waals surface area contributed by atoms with Crippen LogP contribution in [0.2, 0.25) is 0 Å². The Balaban J connectivity index is 2.55. The summed E-state index contributed by atoms with van der Waals surface area (Å²) in [5.74, 6) is 0.502. The number of rotatable bonds is 2. The van der Waals surface area contributed by atoms with E-state index in [0.29, 0.717) is 5.92 Å². The van der Waals surface area contributed by atoms with Crippen LogP contribution in [-0.2, 0) is 0 Å². The SMILES string of the molecule is Cc1nc(-c2cccc(N)c2)c(C(C)C)s1. The van der Waals surface area contributed by atoms with E-state index in [1.54, 1.807) is 11.3 Å². The third-order valence-corrected chi connectivity index (χ3v) is 3.72. The molecule has 1 aromatic carbocycles. The van der Waals surface area contributed by atoms with E-state index in [9.17, 15) is 0 Å². The minimum atomic E-state index is 0.502. The third-order valence-electron chi connectivity index (χ3n) is 2.44. The van der Waals surface area contributed by atoms with Crippen molar-refractivity contribution in [3.05, 3.63) is 34.2 Å². The van der Waals surface area contributed by atoms with Gasteiger partial charge < -0.3 is 5.73 Å². The summed E-state index contributed by atoms with van der Waals surface area (Å²) in [5, 5.41) is 1.11. The predicted molar refractivity (Wildman–Crippen MR) is 70.8 cm³/mol. The van der Waals surface area contributed by atoms with Crippen molar-refractivity contribution in [2.24, 2.45) is 0 Å². The number of aryl methyl sites for hydroxylation is 1. The van der Waals surface area contributed by atoms with E-state index in [1.807, 2.05) is 25.1 Å². The molecule has 0 aliphatic rings.